The molecular weight excluding hydrogens is 338 g/mol. The van der Waals surface area contributed by atoms with Crippen LogP contribution in [0.5, 0.6) is 0 Å². The second kappa shape index (κ2) is 8.09. The van der Waals surface area contributed by atoms with Crippen LogP contribution < -0.4 is 10.6 Å². The first kappa shape index (κ1) is 20.6. The smallest absolute Gasteiger partial charge is 0.340 e. The van der Waals surface area contributed by atoms with E-state index in [1.54, 1.807) is 0 Å². The number of urea groups is 1. The summed E-state index contributed by atoms with van der Waals surface area (Å²) in [7, 11) is 0. The lowest BCUT2D eigenvalue weighted by molar-refractivity contribution is -0.122. The number of hydrogen-bond donors (Lipinski definition) is 2. The Morgan fingerprint density at radius 2 is 1.83 bits per heavy atom. The van der Waals surface area contributed by atoms with Crippen LogP contribution in [-0.2, 0) is 4.79 Å². The highest BCUT2D eigenvalue weighted by Gasteiger charge is 2.40. The first-order valence-electron chi connectivity index (χ1n) is 7.75. The fourth-order valence-corrected chi connectivity index (χ4v) is 3.31. The maximum Gasteiger partial charge on any atom is 0.340 e. The van der Waals surface area contributed by atoms with Gasteiger partial charge in [0.25, 0.3) is 0 Å². The molecule has 9 nitrogen and oxygen atoms in total. The number of piperidine rings is 1. The molecule has 3 amide bonds. The van der Waals surface area contributed by atoms with Gasteiger partial charge in [-0.2, -0.15) is 5.01 Å². The fourth-order valence-electron chi connectivity index (χ4n) is 3.15. The molecule has 1 heterocycles. The van der Waals surface area contributed by atoms with Crippen molar-refractivity contribution in [1.29, 1.82) is 0 Å². The number of nitrogens with one attached hydrogen (secondary N) is 2. The van der Waals surface area contributed by atoms with E-state index in [1.807, 2.05) is 27.7 Å². The molecule has 0 unspecified atom stereocenters. The number of nitroso groups, excluding NO2 is 1. The highest BCUT2D eigenvalue weighted by molar-refractivity contribution is 6.18. The summed E-state index contributed by atoms with van der Waals surface area (Å²) in [6.45, 7) is 7.01. The molecule has 0 aromatic rings. The minimum atomic E-state index is -0.782. The molecule has 1 fully saturated rings. The summed E-state index contributed by atoms with van der Waals surface area (Å²) in [4.78, 5) is 34.2. The van der Waals surface area contributed by atoms with Gasteiger partial charge < -0.3 is 20.9 Å². The molecule has 0 saturated carbocycles. The maximum atomic E-state index is 12.3. The lowest BCUT2D eigenvalue weighted by Crippen LogP contribution is -2.62. The van der Waals surface area contributed by atoms with Crippen LogP contribution in [0.1, 0.15) is 40.5 Å². The Labute approximate surface area is 146 Å². The Hall–Kier alpha value is -1.45. The summed E-state index contributed by atoms with van der Waals surface area (Å²) >= 11 is 5.45. The SMILES string of the molecule is CC1(C)CC(NC(=O)CNC(=O)N(CCCl)N=O)CC(C)(C)N1[O-]. The van der Waals surface area contributed by atoms with Crippen molar-refractivity contribution in [3.8, 4) is 0 Å². The Morgan fingerprint density at radius 1 is 1.29 bits per heavy atom. The number of alkyl halides is 1. The number of carbonyl (C=O) groups excluding carboxylic acids is 2. The Bertz CT molecular complexity index is 468. The third kappa shape index (κ3) is 5.29. The molecule has 0 aliphatic carbocycles. The third-order valence-corrected chi connectivity index (χ3v) is 4.16. The highest BCUT2D eigenvalue weighted by Crippen LogP contribution is 2.37. The normalized spacial score (nSPS) is 20.2. The summed E-state index contributed by atoms with van der Waals surface area (Å²) < 4.78 is 0. The van der Waals surface area contributed by atoms with E-state index < -0.39 is 23.0 Å². The van der Waals surface area contributed by atoms with Gasteiger partial charge >= 0.3 is 6.03 Å². The van der Waals surface area contributed by atoms with E-state index in [0.29, 0.717) is 17.9 Å². The lowest BCUT2D eigenvalue weighted by atomic mass is 9.79. The van der Waals surface area contributed by atoms with Gasteiger partial charge in [0.05, 0.1) is 18.4 Å². The Kier molecular flexibility index (Phi) is 6.94. The van der Waals surface area contributed by atoms with Crippen LogP contribution >= 0.6 is 11.6 Å². The van der Waals surface area contributed by atoms with Gasteiger partial charge in [0.1, 0.15) is 0 Å². The number of rotatable bonds is 6. The van der Waals surface area contributed by atoms with Crippen molar-refractivity contribution in [3.63, 3.8) is 0 Å². The van der Waals surface area contributed by atoms with E-state index in [9.17, 15) is 19.7 Å². The lowest BCUT2D eigenvalue weighted by Gasteiger charge is -2.60. The predicted octanol–water partition coefficient (Wildman–Crippen LogP) is 1.55. The summed E-state index contributed by atoms with van der Waals surface area (Å²) in [6, 6.07) is -0.955. The summed E-state index contributed by atoms with van der Waals surface area (Å²) in [6.07, 6.45) is 1.02. The number of halogens is 1. The molecular formula is C14H25ClN5O4-. The molecule has 0 aromatic heterocycles. The highest BCUT2D eigenvalue weighted by atomic mass is 35.5. The number of amides is 3. The van der Waals surface area contributed by atoms with Crippen molar-refractivity contribution >= 4 is 23.5 Å². The van der Waals surface area contributed by atoms with Gasteiger partial charge in [0, 0.05) is 23.0 Å². The van der Waals surface area contributed by atoms with Crippen molar-refractivity contribution in [3.05, 3.63) is 10.1 Å². The van der Waals surface area contributed by atoms with E-state index in [0.717, 1.165) is 5.06 Å². The Morgan fingerprint density at radius 3 is 2.29 bits per heavy atom. The minimum Gasteiger partial charge on any atom is -0.784 e. The molecule has 24 heavy (non-hydrogen) atoms. The maximum absolute atomic E-state index is 12.3. The van der Waals surface area contributed by atoms with Crippen LogP contribution in [0, 0.1) is 10.1 Å². The van der Waals surface area contributed by atoms with Crippen molar-refractivity contribution in [2.45, 2.75) is 57.7 Å². The second-order valence-electron chi connectivity index (χ2n) is 7.14. The van der Waals surface area contributed by atoms with E-state index in [4.69, 9.17) is 11.6 Å². The average Bonchev–Trinajstić information content (AvgIpc) is 2.47. The van der Waals surface area contributed by atoms with Crippen LogP contribution in [0.15, 0.2) is 5.29 Å². The first-order chi connectivity index (χ1) is 11.0. The summed E-state index contributed by atoms with van der Waals surface area (Å²) in [5.74, 6) is -0.334. The average molecular weight is 363 g/mol. The van der Waals surface area contributed by atoms with E-state index in [1.165, 1.54) is 0 Å². The molecule has 0 aromatic carbocycles. The zero-order chi connectivity index (χ0) is 18.5. The molecule has 1 aliphatic rings. The van der Waals surface area contributed by atoms with Gasteiger partial charge in [-0.25, -0.2) is 4.79 Å². The van der Waals surface area contributed by atoms with Gasteiger partial charge in [-0.3, -0.25) is 4.79 Å². The molecule has 0 spiro atoms. The first-order valence-corrected chi connectivity index (χ1v) is 8.28. The molecule has 0 bridgehead atoms. The third-order valence-electron chi connectivity index (χ3n) is 3.99. The standard InChI is InChI=1S/C14H25ClN5O4/c1-13(2)7-10(8-14(3,4)20(13)24)17-11(21)9-16-12(22)19(18-23)6-5-15/h10H,5-9H2,1-4H3,(H,16,22)(H,17,21)/q-1. The number of hydroxylamine groups is 2. The largest absolute Gasteiger partial charge is 0.784 e. The van der Waals surface area contributed by atoms with Crippen LogP contribution in [0.4, 0.5) is 4.79 Å². The van der Waals surface area contributed by atoms with Crippen molar-refractivity contribution < 1.29 is 9.59 Å². The number of carbonyl (C=O) groups is 2. The number of nitrogens with zero attached hydrogens (tertiary/aromatic N) is 3. The van der Waals surface area contributed by atoms with Crippen LogP contribution in [0.25, 0.3) is 0 Å². The molecule has 1 aliphatic heterocycles. The van der Waals surface area contributed by atoms with Gasteiger partial charge in [0.2, 0.25) is 5.91 Å². The molecule has 1 rings (SSSR count). The summed E-state index contributed by atoms with van der Waals surface area (Å²) in [5, 5.41) is 21.6. The van der Waals surface area contributed by atoms with Gasteiger partial charge in [-0.15, -0.1) is 16.5 Å². The van der Waals surface area contributed by atoms with Gasteiger partial charge in [0.15, 0.2) is 0 Å². The van der Waals surface area contributed by atoms with Crippen LogP contribution in [-0.4, -0.2) is 58.1 Å². The van der Waals surface area contributed by atoms with Crippen LogP contribution in [0.3, 0.4) is 0 Å². The number of hydrogen-bond acceptors (Lipinski definition) is 6. The topological polar surface area (TPSA) is 117 Å². The second-order valence-corrected chi connectivity index (χ2v) is 7.52. The summed E-state index contributed by atoms with van der Waals surface area (Å²) in [5.41, 5.74) is -1.19. The van der Waals surface area contributed by atoms with Gasteiger partial charge in [-0.1, -0.05) is 0 Å². The molecule has 0 radical (unpaired) electrons. The molecule has 2 N–H and O–H groups in total. The van der Waals surface area contributed by atoms with E-state index in [2.05, 4.69) is 15.9 Å². The zero-order valence-electron chi connectivity index (χ0n) is 14.5. The minimum absolute atomic E-state index is 0.0388. The van der Waals surface area contributed by atoms with E-state index in [-0.39, 0.29) is 25.0 Å². The van der Waals surface area contributed by atoms with Crippen molar-refractivity contribution in [1.82, 2.24) is 20.7 Å². The van der Waals surface area contributed by atoms with Crippen LogP contribution in [0.2, 0.25) is 0 Å². The molecule has 138 valence electrons. The van der Waals surface area contributed by atoms with Crippen molar-refractivity contribution in [2.24, 2.45) is 5.29 Å². The Balaban J connectivity index is 2.53. The van der Waals surface area contributed by atoms with E-state index >= 15 is 0 Å². The fraction of sp³-hybridized carbons (Fsp3) is 0.857. The zero-order valence-corrected chi connectivity index (χ0v) is 15.2. The molecule has 1 saturated heterocycles. The van der Waals surface area contributed by atoms with Crippen molar-refractivity contribution in [2.75, 3.05) is 19.0 Å². The molecule has 10 heteroatoms. The monoisotopic (exact) mass is 362 g/mol. The molecule has 0 atom stereocenters. The predicted molar refractivity (Wildman–Crippen MR) is 91.1 cm³/mol. The van der Waals surface area contributed by atoms with Gasteiger partial charge in [-0.05, 0) is 40.5 Å². The quantitative estimate of drug-likeness (QED) is 0.422.